The zero-order valence-corrected chi connectivity index (χ0v) is 26.6. The fourth-order valence-electron chi connectivity index (χ4n) is 12.5. The predicted octanol–water partition coefficient (Wildman–Crippen LogP) is 8.17. The van der Waals surface area contributed by atoms with Gasteiger partial charge in [-0.3, -0.25) is 19.2 Å². The number of hydrogen-bond acceptors (Lipinski definition) is 4. The Hall–Kier alpha value is -1.84. The molecule has 0 aromatic rings. The molecule has 0 N–H and O–H groups in total. The molecule has 0 radical (unpaired) electrons. The summed E-state index contributed by atoms with van der Waals surface area (Å²) in [6.07, 6.45) is 20.3. The van der Waals surface area contributed by atoms with Gasteiger partial charge in [-0.1, -0.05) is 51.0 Å². The number of allylic oxidation sites excluding steroid dienone is 4. The molecule has 8 rings (SSSR count). The first kappa shape index (κ1) is 28.9. The fraction of sp³-hybridized carbons (Fsp3) is 0.789. The summed E-state index contributed by atoms with van der Waals surface area (Å²) in [5, 5.41) is 0. The van der Waals surface area contributed by atoms with E-state index in [4.69, 9.17) is 0 Å². The molecule has 0 bridgehead atoms. The second-order valence-corrected chi connectivity index (χ2v) is 16.8. The van der Waals surface area contributed by atoms with Crippen LogP contribution in [-0.4, -0.2) is 23.1 Å². The maximum absolute atomic E-state index is 12.4. The van der Waals surface area contributed by atoms with Gasteiger partial charge in [0.2, 0.25) is 0 Å². The van der Waals surface area contributed by atoms with Gasteiger partial charge in [0.1, 0.15) is 23.1 Å². The van der Waals surface area contributed by atoms with E-state index < -0.39 is 0 Å². The molecule has 42 heavy (non-hydrogen) atoms. The van der Waals surface area contributed by atoms with E-state index in [1.165, 1.54) is 24.0 Å². The summed E-state index contributed by atoms with van der Waals surface area (Å²) >= 11 is 0. The molecule has 6 saturated carbocycles. The highest BCUT2D eigenvalue weighted by Gasteiger charge is 2.60. The largest absolute Gasteiger partial charge is 0.299 e. The zero-order valence-electron chi connectivity index (χ0n) is 26.6. The first-order valence-electron chi connectivity index (χ1n) is 17.4. The summed E-state index contributed by atoms with van der Waals surface area (Å²) in [6, 6.07) is 0. The first-order chi connectivity index (χ1) is 19.9. The van der Waals surface area contributed by atoms with E-state index in [1.807, 2.05) is 0 Å². The summed E-state index contributed by atoms with van der Waals surface area (Å²) in [7, 11) is 0. The van der Waals surface area contributed by atoms with Crippen LogP contribution in [0.5, 0.6) is 0 Å². The average Bonchev–Trinajstić information content (AvgIpc) is 3.44. The summed E-state index contributed by atoms with van der Waals surface area (Å²) in [5.41, 5.74) is 3.26. The van der Waals surface area contributed by atoms with Crippen molar-refractivity contribution < 1.29 is 19.2 Å². The van der Waals surface area contributed by atoms with Gasteiger partial charge >= 0.3 is 0 Å². The van der Waals surface area contributed by atoms with E-state index in [0.717, 1.165) is 77.0 Å². The summed E-state index contributed by atoms with van der Waals surface area (Å²) in [4.78, 5) is 48.3. The van der Waals surface area contributed by atoms with Crippen molar-refractivity contribution in [1.82, 2.24) is 0 Å². The van der Waals surface area contributed by atoms with E-state index in [-0.39, 0.29) is 21.7 Å². The first-order valence-corrected chi connectivity index (χ1v) is 17.4. The molecule has 0 unspecified atom stereocenters. The van der Waals surface area contributed by atoms with E-state index in [1.54, 1.807) is 0 Å². The van der Waals surface area contributed by atoms with Crippen LogP contribution in [0.1, 0.15) is 130 Å². The normalized spacial score (nSPS) is 49.2. The Labute approximate surface area is 252 Å². The van der Waals surface area contributed by atoms with Crippen molar-refractivity contribution in [2.75, 3.05) is 0 Å². The van der Waals surface area contributed by atoms with Crippen LogP contribution in [-0.2, 0) is 19.2 Å². The lowest BCUT2D eigenvalue weighted by Crippen LogP contribution is -2.50. The van der Waals surface area contributed by atoms with Crippen molar-refractivity contribution in [2.24, 2.45) is 57.2 Å². The van der Waals surface area contributed by atoms with Crippen molar-refractivity contribution in [3.8, 4) is 0 Å². The quantitative estimate of drug-likeness (QED) is 0.275. The molecule has 8 aliphatic rings. The minimum atomic E-state index is -0.0344. The monoisotopic (exact) mass is 572 g/mol. The molecule has 0 heterocycles. The third-order valence-corrected chi connectivity index (χ3v) is 15.3. The Morgan fingerprint density at radius 2 is 0.881 bits per heavy atom. The van der Waals surface area contributed by atoms with Crippen LogP contribution in [0.25, 0.3) is 0 Å². The minimum Gasteiger partial charge on any atom is -0.299 e. The predicted molar refractivity (Wildman–Crippen MR) is 163 cm³/mol. The van der Waals surface area contributed by atoms with Gasteiger partial charge in [0.05, 0.1) is 0 Å². The molecule has 0 aromatic heterocycles. The molecule has 10 atom stereocenters. The van der Waals surface area contributed by atoms with Gasteiger partial charge in [-0.25, -0.2) is 0 Å². The maximum Gasteiger partial charge on any atom is 0.139 e. The molecule has 6 fully saturated rings. The lowest BCUT2D eigenvalue weighted by molar-refractivity contribution is -0.133. The van der Waals surface area contributed by atoms with Crippen molar-refractivity contribution >= 4 is 23.1 Å². The number of hydrogen-bond donors (Lipinski definition) is 0. The van der Waals surface area contributed by atoms with E-state index in [9.17, 15) is 19.2 Å². The Bertz CT molecular complexity index is 1190. The molecule has 0 aliphatic heterocycles. The van der Waals surface area contributed by atoms with Crippen LogP contribution in [0.3, 0.4) is 0 Å². The summed E-state index contributed by atoms with van der Waals surface area (Å²) < 4.78 is 0. The number of rotatable bonds is 0. The second kappa shape index (κ2) is 9.83. The van der Waals surface area contributed by atoms with Crippen LogP contribution in [0.15, 0.2) is 23.3 Å². The van der Waals surface area contributed by atoms with Gasteiger partial charge in [-0.2, -0.15) is 0 Å². The molecule has 228 valence electrons. The Kier molecular flexibility index (Phi) is 6.77. The molecule has 0 saturated heterocycles. The van der Waals surface area contributed by atoms with Crippen LogP contribution >= 0.6 is 0 Å². The Morgan fingerprint density at radius 3 is 1.29 bits per heavy atom. The lowest BCUT2D eigenvalue weighted by Gasteiger charge is -2.56. The van der Waals surface area contributed by atoms with Crippen LogP contribution in [0.4, 0.5) is 0 Å². The second-order valence-electron chi connectivity index (χ2n) is 16.8. The van der Waals surface area contributed by atoms with Crippen LogP contribution in [0.2, 0.25) is 0 Å². The molecular formula is C38H52O4. The van der Waals surface area contributed by atoms with E-state index in [0.29, 0.717) is 71.5 Å². The maximum atomic E-state index is 12.4. The number of carbonyl (C=O) groups is 4. The molecule has 4 nitrogen and oxygen atoms in total. The molecule has 0 amide bonds. The summed E-state index contributed by atoms with van der Waals surface area (Å²) in [5.74, 6) is 5.84. The number of Topliss-reactive ketones (excluding diaryl/α,β-unsaturated/α-hetero) is 4. The SMILES string of the molecule is C[C@]12CCC(=O)CC1=CC[C@@H]1[C@@H]2CC[C@]2(C)C(=O)CC[C@@H]12.C[C@]12CCC(=O)CC1=CC[C@@H]1[C@@H]2CC[C@]2(C)C(=O)CC[C@@H]12. The van der Waals surface area contributed by atoms with Crippen molar-refractivity contribution in [3.05, 3.63) is 23.3 Å². The highest BCUT2D eigenvalue weighted by molar-refractivity contribution is 5.88. The minimum absolute atomic E-state index is 0.0344. The van der Waals surface area contributed by atoms with E-state index in [2.05, 4.69) is 39.8 Å². The van der Waals surface area contributed by atoms with Gasteiger partial charge < -0.3 is 0 Å². The number of fused-ring (bicyclic) bond motifs is 10. The van der Waals surface area contributed by atoms with Gasteiger partial charge in [0.15, 0.2) is 0 Å². The van der Waals surface area contributed by atoms with Crippen LogP contribution < -0.4 is 0 Å². The Balaban J connectivity index is 0.000000137. The van der Waals surface area contributed by atoms with E-state index >= 15 is 0 Å². The highest BCUT2D eigenvalue weighted by atomic mass is 16.1. The molecule has 4 heteroatoms. The molecule has 8 aliphatic carbocycles. The molecule has 0 spiro atoms. The van der Waals surface area contributed by atoms with Crippen LogP contribution in [0, 0.1) is 57.2 Å². The van der Waals surface area contributed by atoms with Gasteiger partial charge in [-0.05, 0) is 111 Å². The Morgan fingerprint density at radius 1 is 0.500 bits per heavy atom. The third kappa shape index (κ3) is 4.04. The summed E-state index contributed by atoms with van der Waals surface area (Å²) in [6.45, 7) is 9.27. The van der Waals surface area contributed by atoms with Crippen molar-refractivity contribution in [1.29, 1.82) is 0 Å². The highest BCUT2D eigenvalue weighted by Crippen LogP contribution is 2.65. The lowest BCUT2D eigenvalue weighted by atomic mass is 9.48. The van der Waals surface area contributed by atoms with Crippen molar-refractivity contribution in [2.45, 2.75) is 130 Å². The molecule has 0 aromatic carbocycles. The van der Waals surface area contributed by atoms with Gasteiger partial charge in [-0.15, -0.1) is 0 Å². The van der Waals surface area contributed by atoms with Crippen molar-refractivity contribution in [3.63, 3.8) is 0 Å². The average molecular weight is 573 g/mol. The third-order valence-electron chi connectivity index (χ3n) is 15.3. The fourth-order valence-corrected chi connectivity index (χ4v) is 12.5. The zero-order chi connectivity index (χ0) is 29.7. The molecular weight excluding hydrogens is 520 g/mol. The number of ketones is 4. The number of carbonyl (C=O) groups excluding carboxylic acids is 4. The van der Waals surface area contributed by atoms with Gasteiger partial charge in [0, 0.05) is 49.4 Å². The smallest absolute Gasteiger partial charge is 0.139 e. The van der Waals surface area contributed by atoms with Gasteiger partial charge in [0.25, 0.3) is 0 Å². The topological polar surface area (TPSA) is 68.3 Å². The standard InChI is InChI=1S/2C19H26O2/c2*1-18-9-7-13(20)11-12(18)3-4-14-15-5-6-17(21)19(15,2)10-8-16(14)18/h2*3,14-16H,4-11H2,1-2H3/t2*14-,15-,16-,18-,19-/m00/s1.